The zero-order valence-corrected chi connectivity index (χ0v) is 10.1. The lowest BCUT2D eigenvalue weighted by molar-refractivity contribution is 0.0699. The van der Waals surface area contributed by atoms with Gasteiger partial charge in [-0.3, -0.25) is 5.14 Å². The van der Waals surface area contributed by atoms with E-state index in [-0.39, 0.29) is 0 Å². The van der Waals surface area contributed by atoms with Crippen LogP contribution in [-0.4, -0.2) is 19.8 Å². The fourth-order valence-electron chi connectivity index (χ4n) is 1.86. The van der Waals surface area contributed by atoms with Gasteiger partial charge >= 0.3 is 0 Å². The highest BCUT2D eigenvalue weighted by Crippen LogP contribution is 2.18. The summed E-state index contributed by atoms with van der Waals surface area (Å²) in [6.07, 6.45) is 2.34. The van der Waals surface area contributed by atoms with E-state index in [1.54, 1.807) is 0 Å². The van der Waals surface area contributed by atoms with Crippen molar-refractivity contribution in [2.75, 3.05) is 25.1 Å². The number of ether oxygens (including phenoxy) is 1. The van der Waals surface area contributed by atoms with Gasteiger partial charge in [-0.15, -0.1) is 0 Å². The summed E-state index contributed by atoms with van der Waals surface area (Å²) in [4.78, 5) is 1.09. The van der Waals surface area contributed by atoms with Crippen LogP contribution in [-0.2, 0) is 4.74 Å². The van der Waals surface area contributed by atoms with E-state index in [1.165, 1.54) is 30.5 Å². The Morgan fingerprint density at radius 2 is 1.94 bits per heavy atom. The van der Waals surface area contributed by atoms with Crippen molar-refractivity contribution in [2.45, 2.75) is 17.7 Å². The number of benzene rings is 1. The molecule has 4 heteroatoms. The van der Waals surface area contributed by atoms with Crippen LogP contribution in [0, 0.1) is 5.92 Å². The molecule has 0 bridgehead atoms. The van der Waals surface area contributed by atoms with Crippen LogP contribution in [0.25, 0.3) is 0 Å². The Morgan fingerprint density at radius 1 is 1.25 bits per heavy atom. The molecule has 1 fully saturated rings. The molecule has 3 nitrogen and oxygen atoms in total. The van der Waals surface area contributed by atoms with Gasteiger partial charge in [0, 0.05) is 30.3 Å². The van der Waals surface area contributed by atoms with Crippen molar-refractivity contribution in [3.05, 3.63) is 24.3 Å². The quantitative estimate of drug-likeness (QED) is 0.791. The van der Waals surface area contributed by atoms with Crippen molar-refractivity contribution in [3.8, 4) is 0 Å². The molecule has 1 aromatic carbocycles. The average Bonchev–Trinajstić information content (AvgIpc) is 2.38. The van der Waals surface area contributed by atoms with Crippen molar-refractivity contribution in [3.63, 3.8) is 0 Å². The SMILES string of the molecule is NSc1ccc(NCC2CCOCC2)cc1. The fourth-order valence-corrected chi connectivity index (χ4v) is 2.16. The molecule has 0 radical (unpaired) electrons. The number of anilines is 1. The second kappa shape index (κ2) is 6.13. The van der Waals surface area contributed by atoms with Gasteiger partial charge in [-0.2, -0.15) is 0 Å². The van der Waals surface area contributed by atoms with E-state index in [9.17, 15) is 0 Å². The molecule has 0 atom stereocenters. The second-order valence-corrected chi connectivity index (χ2v) is 4.79. The lowest BCUT2D eigenvalue weighted by atomic mass is 10.0. The first-order chi connectivity index (χ1) is 7.88. The predicted octanol–water partition coefficient (Wildman–Crippen LogP) is 2.49. The zero-order chi connectivity index (χ0) is 11.2. The minimum absolute atomic E-state index is 0.748. The smallest absolute Gasteiger partial charge is 0.0469 e. The molecule has 16 heavy (non-hydrogen) atoms. The Kier molecular flexibility index (Phi) is 4.51. The van der Waals surface area contributed by atoms with Crippen molar-refractivity contribution in [2.24, 2.45) is 11.1 Å². The summed E-state index contributed by atoms with van der Waals surface area (Å²) in [5.41, 5.74) is 1.17. The van der Waals surface area contributed by atoms with Crippen LogP contribution in [0.2, 0.25) is 0 Å². The summed E-state index contributed by atoms with van der Waals surface area (Å²) >= 11 is 1.28. The van der Waals surface area contributed by atoms with Gasteiger partial charge in [-0.05, 0) is 55.0 Å². The van der Waals surface area contributed by atoms with Crippen molar-refractivity contribution in [1.82, 2.24) is 0 Å². The molecule has 0 amide bonds. The minimum Gasteiger partial charge on any atom is -0.385 e. The maximum Gasteiger partial charge on any atom is 0.0469 e. The summed E-state index contributed by atoms with van der Waals surface area (Å²) in [5, 5.41) is 8.93. The van der Waals surface area contributed by atoms with Crippen molar-refractivity contribution >= 4 is 17.6 Å². The maximum atomic E-state index is 5.47. The molecule has 1 heterocycles. The Labute approximate surface area is 101 Å². The highest BCUT2D eigenvalue weighted by molar-refractivity contribution is 7.97. The van der Waals surface area contributed by atoms with Crippen LogP contribution in [0.5, 0.6) is 0 Å². The lowest BCUT2D eigenvalue weighted by Crippen LogP contribution is -2.22. The Bertz CT molecular complexity index is 309. The van der Waals surface area contributed by atoms with Crippen molar-refractivity contribution < 1.29 is 4.74 Å². The third-order valence-corrected chi connectivity index (χ3v) is 3.47. The number of rotatable bonds is 4. The van der Waals surface area contributed by atoms with E-state index in [0.29, 0.717) is 0 Å². The zero-order valence-electron chi connectivity index (χ0n) is 9.32. The van der Waals surface area contributed by atoms with E-state index in [2.05, 4.69) is 17.4 Å². The van der Waals surface area contributed by atoms with E-state index >= 15 is 0 Å². The molecule has 0 spiro atoms. The molecule has 3 N–H and O–H groups in total. The van der Waals surface area contributed by atoms with Crippen LogP contribution >= 0.6 is 11.9 Å². The van der Waals surface area contributed by atoms with Crippen LogP contribution < -0.4 is 10.5 Å². The first kappa shape index (κ1) is 11.8. The van der Waals surface area contributed by atoms with Gasteiger partial charge in [-0.1, -0.05) is 0 Å². The van der Waals surface area contributed by atoms with Gasteiger partial charge in [0.25, 0.3) is 0 Å². The van der Waals surface area contributed by atoms with Gasteiger partial charge in [-0.25, -0.2) is 0 Å². The highest BCUT2D eigenvalue weighted by Gasteiger charge is 2.12. The number of hydrogen-bond acceptors (Lipinski definition) is 4. The van der Waals surface area contributed by atoms with Crippen LogP contribution in [0.4, 0.5) is 5.69 Å². The Morgan fingerprint density at radius 3 is 2.56 bits per heavy atom. The fraction of sp³-hybridized carbons (Fsp3) is 0.500. The van der Waals surface area contributed by atoms with Crippen molar-refractivity contribution in [1.29, 1.82) is 0 Å². The van der Waals surface area contributed by atoms with Gasteiger partial charge in [0.05, 0.1) is 0 Å². The van der Waals surface area contributed by atoms with Gasteiger partial charge in [0.15, 0.2) is 0 Å². The summed E-state index contributed by atoms with van der Waals surface area (Å²) < 4.78 is 5.34. The molecule has 2 rings (SSSR count). The summed E-state index contributed by atoms with van der Waals surface area (Å²) in [6.45, 7) is 2.86. The number of nitrogens with two attached hydrogens (primary N) is 1. The topological polar surface area (TPSA) is 47.3 Å². The molecular formula is C12H18N2OS. The van der Waals surface area contributed by atoms with Crippen LogP contribution in [0.3, 0.4) is 0 Å². The van der Waals surface area contributed by atoms with Gasteiger partial charge < -0.3 is 10.1 Å². The van der Waals surface area contributed by atoms with E-state index in [1.807, 2.05) is 12.1 Å². The largest absolute Gasteiger partial charge is 0.385 e. The standard InChI is InChI=1S/C12H18N2OS/c13-16-12-3-1-11(2-4-12)14-9-10-5-7-15-8-6-10/h1-4,10,14H,5-9,13H2. The third kappa shape index (κ3) is 3.40. The predicted molar refractivity (Wildman–Crippen MR) is 68.5 cm³/mol. The van der Waals surface area contributed by atoms with Crippen LogP contribution in [0.15, 0.2) is 29.2 Å². The molecule has 0 aromatic heterocycles. The normalized spacial score (nSPS) is 17.3. The summed E-state index contributed by atoms with van der Waals surface area (Å²) in [6, 6.07) is 8.23. The lowest BCUT2D eigenvalue weighted by Gasteiger charge is -2.22. The molecule has 0 unspecified atom stereocenters. The molecule has 0 saturated carbocycles. The number of hydrogen-bond donors (Lipinski definition) is 2. The molecule has 0 aliphatic carbocycles. The van der Waals surface area contributed by atoms with Crippen LogP contribution in [0.1, 0.15) is 12.8 Å². The monoisotopic (exact) mass is 238 g/mol. The van der Waals surface area contributed by atoms with E-state index < -0.39 is 0 Å². The summed E-state index contributed by atoms with van der Waals surface area (Å²) in [7, 11) is 0. The summed E-state index contributed by atoms with van der Waals surface area (Å²) in [5.74, 6) is 0.748. The maximum absolute atomic E-state index is 5.47. The first-order valence-corrected chi connectivity index (χ1v) is 6.55. The van der Waals surface area contributed by atoms with Gasteiger partial charge in [0.1, 0.15) is 0 Å². The number of nitrogens with one attached hydrogen (secondary N) is 1. The first-order valence-electron chi connectivity index (χ1n) is 5.67. The molecule has 1 aliphatic heterocycles. The average molecular weight is 238 g/mol. The second-order valence-electron chi connectivity index (χ2n) is 4.08. The van der Waals surface area contributed by atoms with Gasteiger partial charge in [0.2, 0.25) is 0 Å². The molecular weight excluding hydrogens is 220 g/mol. The van der Waals surface area contributed by atoms with E-state index in [4.69, 9.17) is 9.88 Å². The minimum atomic E-state index is 0.748. The Balaban J connectivity index is 1.79. The Hall–Kier alpha value is -0.710. The molecule has 1 aliphatic rings. The molecule has 1 saturated heterocycles. The third-order valence-electron chi connectivity index (χ3n) is 2.93. The highest BCUT2D eigenvalue weighted by atomic mass is 32.2. The molecule has 88 valence electrons. The molecule has 1 aromatic rings. The van der Waals surface area contributed by atoms with E-state index in [0.717, 1.165) is 30.6 Å².